The molecule has 0 atom stereocenters. The van der Waals surface area contributed by atoms with Gasteiger partial charge in [-0.3, -0.25) is 10.1 Å². The number of carbonyl (C=O) groups is 1. The van der Waals surface area contributed by atoms with Crippen molar-refractivity contribution in [3.63, 3.8) is 0 Å². The average molecular weight is 384 g/mol. The van der Waals surface area contributed by atoms with Crippen molar-refractivity contribution in [3.05, 3.63) is 34.4 Å². The number of benzene rings is 1. The van der Waals surface area contributed by atoms with Crippen LogP contribution in [0.2, 0.25) is 0 Å². The number of rotatable bonds is 9. The number of carbonyl (C=O) groups excluding carboxylic acids is 1. The van der Waals surface area contributed by atoms with E-state index in [1.165, 1.54) is 12.1 Å². The predicted molar refractivity (Wildman–Crippen MR) is 104 cm³/mol. The summed E-state index contributed by atoms with van der Waals surface area (Å²) < 4.78 is 7.42. The number of hydrogen-bond acceptors (Lipinski definition) is 6. The van der Waals surface area contributed by atoms with Crippen LogP contribution in [0.1, 0.15) is 41.0 Å². The molecule has 1 amide bonds. The number of non-ortho nitro benzene ring substituents is 1. The third-order valence-corrected chi connectivity index (χ3v) is 4.18. The first kappa shape index (κ1) is 22.2. The summed E-state index contributed by atoms with van der Waals surface area (Å²) in [5.74, 6) is 0.486. The molecule has 0 aliphatic rings. The van der Waals surface area contributed by atoms with Gasteiger partial charge in [0.1, 0.15) is 5.60 Å². The van der Waals surface area contributed by atoms with E-state index in [9.17, 15) is 14.9 Å². The zero-order valence-corrected chi connectivity index (χ0v) is 17.0. The molecule has 0 saturated heterocycles. The van der Waals surface area contributed by atoms with E-state index in [0.29, 0.717) is 12.5 Å². The van der Waals surface area contributed by atoms with Gasteiger partial charge in [0, 0.05) is 36.7 Å². The molecule has 0 spiro atoms. The molecule has 0 aliphatic heterocycles. The summed E-state index contributed by atoms with van der Waals surface area (Å²) in [5, 5.41) is 13.5. The molecule has 0 aromatic heterocycles. The largest absolute Gasteiger partial charge is 0.444 e. The van der Waals surface area contributed by atoms with Crippen molar-refractivity contribution in [1.29, 1.82) is 0 Å². The topological polar surface area (TPSA) is 84.7 Å². The number of alkyl carbamates (subject to hydrolysis) is 1. The highest BCUT2D eigenvalue weighted by Crippen LogP contribution is 2.25. The minimum absolute atomic E-state index is 0.0892. The second-order valence-corrected chi connectivity index (χ2v) is 8.58. The van der Waals surface area contributed by atoms with Crippen molar-refractivity contribution in [2.45, 2.75) is 51.5 Å². The average Bonchev–Trinajstić information content (AvgIpc) is 2.49. The van der Waals surface area contributed by atoms with Crippen LogP contribution >= 0.6 is 11.9 Å². The molecule has 1 aromatic carbocycles. The zero-order chi connectivity index (χ0) is 19.7. The van der Waals surface area contributed by atoms with Crippen LogP contribution in [0.5, 0.6) is 0 Å². The summed E-state index contributed by atoms with van der Waals surface area (Å²) in [5.41, 5.74) is -0.411. The lowest BCUT2D eigenvalue weighted by atomic mass is 10.2. The van der Waals surface area contributed by atoms with Crippen LogP contribution in [0.25, 0.3) is 0 Å². The fourth-order valence-corrected chi connectivity index (χ4v) is 3.27. The van der Waals surface area contributed by atoms with Crippen LogP contribution in [-0.4, -0.2) is 40.6 Å². The van der Waals surface area contributed by atoms with Gasteiger partial charge in [0.2, 0.25) is 0 Å². The third kappa shape index (κ3) is 9.62. The van der Waals surface area contributed by atoms with Crippen LogP contribution in [-0.2, 0) is 4.74 Å². The molecule has 1 aromatic rings. The van der Waals surface area contributed by atoms with Crippen LogP contribution in [0.15, 0.2) is 29.2 Å². The Hall–Kier alpha value is -1.80. The maximum absolute atomic E-state index is 11.7. The smallest absolute Gasteiger partial charge is 0.407 e. The molecular weight excluding hydrogens is 354 g/mol. The molecule has 0 fully saturated rings. The Balaban J connectivity index is 2.48. The van der Waals surface area contributed by atoms with Crippen molar-refractivity contribution in [2.24, 2.45) is 5.92 Å². The van der Waals surface area contributed by atoms with Crippen molar-refractivity contribution in [3.8, 4) is 0 Å². The fourth-order valence-electron chi connectivity index (χ4n) is 2.12. The fraction of sp³-hybridized carbons (Fsp3) is 0.611. The molecule has 0 unspecified atom stereocenters. The molecule has 26 heavy (non-hydrogen) atoms. The van der Waals surface area contributed by atoms with Crippen LogP contribution in [0.4, 0.5) is 10.5 Å². The van der Waals surface area contributed by atoms with E-state index in [1.54, 1.807) is 24.1 Å². The monoisotopic (exact) mass is 383 g/mol. The minimum atomic E-state index is -0.500. The number of hydrogen-bond donors (Lipinski definition) is 1. The summed E-state index contributed by atoms with van der Waals surface area (Å²) in [6.45, 7) is 12.0. The Morgan fingerprint density at radius 1 is 1.31 bits per heavy atom. The molecular formula is C18H29N3O4S. The molecule has 7 nitrogen and oxygen atoms in total. The maximum atomic E-state index is 11.7. The molecule has 0 aliphatic carbocycles. The van der Waals surface area contributed by atoms with Gasteiger partial charge in [-0.1, -0.05) is 13.8 Å². The number of nitro groups is 1. The zero-order valence-electron chi connectivity index (χ0n) is 16.2. The summed E-state index contributed by atoms with van der Waals surface area (Å²) >= 11 is 1.57. The molecule has 8 heteroatoms. The van der Waals surface area contributed by atoms with Crippen molar-refractivity contribution >= 4 is 23.7 Å². The Morgan fingerprint density at radius 3 is 2.42 bits per heavy atom. The Morgan fingerprint density at radius 2 is 1.92 bits per heavy atom. The lowest BCUT2D eigenvalue weighted by Gasteiger charge is -2.23. The molecule has 1 N–H and O–H groups in total. The maximum Gasteiger partial charge on any atom is 0.407 e. The van der Waals surface area contributed by atoms with Crippen LogP contribution in [0, 0.1) is 16.0 Å². The van der Waals surface area contributed by atoms with E-state index in [2.05, 4.69) is 23.5 Å². The Labute approximate surface area is 159 Å². The Bertz CT molecular complexity index is 585. The lowest BCUT2D eigenvalue weighted by Crippen LogP contribution is -2.34. The first-order valence-corrected chi connectivity index (χ1v) is 9.48. The molecule has 0 bridgehead atoms. The van der Waals surface area contributed by atoms with Gasteiger partial charge in [0.05, 0.1) is 4.92 Å². The van der Waals surface area contributed by atoms with E-state index >= 15 is 0 Å². The van der Waals surface area contributed by atoms with Gasteiger partial charge in [-0.05, 0) is 57.2 Å². The number of nitro benzene ring substituents is 1. The van der Waals surface area contributed by atoms with Crippen molar-refractivity contribution in [2.75, 3.05) is 19.6 Å². The number of nitrogens with one attached hydrogen (secondary N) is 1. The van der Waals surface area contributed by atoms with Gasteiger partial charge in [0.15, 0.2) is 0 Å². The van der Waals surface area contributed by atoms with Crippen LogP contribution < -0.4 is 5.32 Å². The van der Waals surface area contributed by atoms with Crippen LogP contribution in [0.3, 0.4) is 0 Å². The second kappa shape index (κ2) is 10.4. The molecule has 0 radical (unpaired) electrons. The van der Waals surface area contributed by atoms with Gasteiger partial charge in [-0.15, -0.1) is 0 Å². The molecule has 146 valence electrons. The number of amides is 1. The summed E-state index contributed by atoms with van der Waals surface area (Å²) in [7, 11) is 0. The van der Waals surface area contributed by atoms with Gasteiger partial charge < -0.3 is 10.1 Å². The highest BCUT2D eigenvalue weighted by Gasteiger charge is 2.16. The SMILES string of the molecule is CC(C)CN(CCCNC(=O)OC(C)(C)C)Sc1ccc([N+](=O)[O-])cc1. The van der Waals surface area contributed by atoms with Crippen molar-refractivity contribution in [1.82, 2.24) is 9.62 Å². The predicted octanol–water partition coefficient (Wildman–Crippen LogP) is 4.47. The highest BCUT2D eigenvalue weighted by atomic mass is 32.2. The van der Waals surface area contributed by atoms with E-state index in [0.717, 1.165) is 24.4 Å². The van der Waals surface area contributed by atoms with Gasteiger partial charge in [-0.2, -0.15) is 0 Å². The highest BCUT2D eigenvalue weighted by molar-refractivity contribution is 7.97. The first-order chi connectivity index (χ1) is 12.1. The first-order valence-electron chi connectivity index (χ1n) is 8.71. The Kier molecular flexibility index (Phi) is 8.87. The quantitative estimate of drug-likeness (QED) is 0.293. The molecule has 0 saturated carbocycles. The van der Waals surface area contributed by atoms with E-state index in [1.807, 2.05) is 20.8 Å². The second-order valence-electron chi connectivity index (χ2n) is 7.41. The third-order valence-electron chi connectivity index (χ3n) is 3.10. The summed E-state index contributed by atoms with van der Waals surface area (Å²) in [4.78, 5) is 22.9. The standard InChI is InChI=1S/C18H29N3O4S/c1-14(2)13-20(12-6-11-19-17(22)25-18(3,4)5)26-16-9-7-15(8-10-16)21(23)24/h7-10,14H,6,11-13H2,1-5H3,(H,19,22). The van der Waals surface area contributed by atoms with Gasteiger partial charge in [0.25, 0.3) is 5.69 Å². The van der Waals surface area contributed by atoms with Crippen molar-refractivity contribution < 1.29 is 14.5 Å². The molecule has 1 rings (SSSR count). The minimum Gasteiger partial charge on any atom is -0.444 e. The van der Waals surface area contributed by atoms with Gasteiger partial charge in [-0.25, -0.2) is 9.10 Å². The summed E-state index contributed by atoms with van der Waals surface area (Å²) in [6, 6.07) is 6.55. The number of nitrogens with zero attached hydrogens (tertiary/aromatic N) is 2. The normalized spacial score (nSPS) is 11.7. The lowest BCUT2D eigenvalue weighted by molar-refractivity contribution is -0.384. The van der Waals surface area contributed by atoms with Gasteiger partial charge >= 0.3 is 6.09 Å². The van der Waals surface area contributed by atoms with E-state index < -0.39 is 16.6 Å². The number of ether oxygens (including phenoxy) is 1. The van der Waals surface area contributed by atoms with E-state index in [4.69, 9.17) is 4.74 Å². The van der Waals surface area contributed by atoms with E-state index in [-0.39, 0.29) is 5.69 Å². The summed E-state index contributed by atoms with van der Waals surface area (Å²) in [6.07, 6.45) is 0.377. The molecule has 0 heterocycles.